The van der Waals surface area contributed by atoms with Crippen LogP contribution in [-0.2, 0) is 10.8 Å². The van der Waals surface area contributed by atoms with E-state index in [-0.39, 0.29) is 0 Å². The lowest BCUT2D eigenvalue weighted by molar-refractivity contribution is 0.179. The van der Waals surface area contributed by atoms with Crippen LogP contribution in [0.25, 0.3) is 0 Å². The van der Waals surface area contributed by atoms with Crippen molar-refractivity contribution in [3.8, 4) is 0 Å². The minimum Gasteiger partial charge on any atom is -0.396 e. The highest BCUT2D eigenvalue weighted by Gasteiger charge is 2.47. The van der Waals surface area contributed by atoms with E-state index in [2.05, 4.69) is 0 Å². The fourth-order valence-electron chi connectivity index (χ4n) is 3.02. The topological polar surface area (TPSA) is 37.3 Å². The van der Waals surface area contributed by atoms with E-state index < -0.39 is 10.8 Å². The van der Waals surface area contributed by atoms with Gasteiger partial charge in [-0.25, -0.2) is 0 Å². The van der Waals surface area contributed by atoms with Crippen molar-refractivity contribution in [2.24, 2.45) is 17.8 Å². The van der Waals surface area contributed by atoms with Crippen molar-refractivity contribution >= 4 is 10.8 Å². The average molecular weight is 188 g/mol. The maximum atomic E-state index is 11.3. The van der Waals surface area contributed by atoms with Crippen LogP contribution in [0.1, 0.15) is 19.3 Å². The van der Waals surface area contributed by atoms with Crippen LogP contribution in [-0.4, -0.2) is 27.4 Å². The van der Waals surface area contributed by atoms with Crippen LogP contribution in [0.3, 0.4) is 0 Å². The van der Waals surface area contributed by atoms with E-state index in [9.17, 15) is 4.21 Å². The Kier molecular flexibility index (Phi) is 2.25. The summed E-state index contributed by atoms with van der Waals surface area (Å²) in [5.41, 5.74) is 0. The molecule has 2 saturated carbocycles. The third-order valence-corrected chi connectivity index (χ3v) is 4.95. The quantitative estimate of drug-likeness (QED) is 0.695. The van der Waals surface area contributed by atoms with Crippen molar-refractivity contribution in [3.05, 3.63) is 0 Å². The van der Waals surface area contributed by atoms with Crippen molar-refractivity contribution in [2.75, 3.05) is 12.9 Å². The molecule has 5 atom stereocenters. The van der Waals surface area contributed by atoms with E-state index in [0.717, 1.165) is 12.3 Å². The third kappa shape index (κ3) is 1.23. The van der Waals surface area contributed by atoms with Gasteiger partial charge >= 0.3 is 0 Å². The second kappa shape index (κ2) is 3.11. The first-order valence-electron chi connectivity index (χ1n) is 4.65. The first kappa shape index (κ1) is 8.70. The summed E-state index contributed by atoms with van der Waals surface area (Å²) in [6.45, 7) is 0.300. The highest BCUT2D eigenvalue weighted by atomic mass is 32.2. The lowest BCUT2D eigenvalue weighted by Crippen LogP contribution is -2.29. The van der Waals surface area contributed by atoms with Crippen LogP contribution in [0.5, 0.6) is 0 Å². The zero-order chi connectivity index (χ0) is 8.72. The number of fused-ring (bicyclic) bond motifs is 2. The monoisotopic (exact) mass is 188 g/mol. The zero-order valence-corrected chi connectivity index (χ0v) is 8.22. The molecule has 70 valence electrons. The van der Waals surface area contributed by atoms with Gasteiger partial charge in [-0.2, -0.15) is 0 Å². The van der Waals surface area contributed by atoms with Crippen LogP contribution in [0.2, 0.25) is 0 Å². The number of aliphatic hydroxyl groups excluding tert-OH is 1. The Morgan fingerprint density at radius 3 is 2.67 bits per heavy atom. The molecule has 5 unspecified atom stereocenters. The number of hydrogen-bond acceptors (Lipinski definition) is 2. The van der Waals surface area contributed by atoms with Crippen molar-refractivity contribution in [1.82, 2.24) is 0 Å². The van der Waals surface area contributed by atoms with Gasteiger partial charge < -0.3 is 5.11 Å². The first-order valence-corrected chi connectivity index (χ1v) is 6.27. The SMILES string of the molecule is CS(=O)C1CC2CC(CO)C1C2. The summed E-state index contributed by atoms with van der Waals surface area (Å²) in [5, 5.41) is 9.48. The van der Waals surface area contributed by atoms with Crippen LogP contribution < -0.4 is 0 Å². The van der Waals surface area contributed by atoms with Gasteiger partial charge in [0.05, 0.1) is 0 Å². The lowest BCUT2D eigenvalue weighted by atomic mass is 9.89. The summed E-state index contributed by atoms with van der Waals surface area (Å²) < 4.78 is 11.3. The maximum absolute atomic E-state index is 11.3. The molecular formula is C9H16O2S. The van der Waals surface area contributed by atoms with Gasteiger partial charge in [0.2, 0.25) is 0 Å². The number of aliphatic hydroxyl groups is 1. The number of hydrogen-bond donors (Lipinski definition) is 1. The second-order valence-electron chi connectivity index (χ2n) is 4.22. The molecule has 2 aliphatic carbocycles. The Labute approximate surface area is 75.8 Å². The van der Waals surface area contributed by atoms with Gasteiger partial charge in [-0.3, -0.25) is 4.21 Å². The van der Waals surface area contributed by atoms with Crippen LogP contribution in [0.4, 0.5) is 0 Å². The molecular weight excluding hydrogens is 172 g/mol. The van der Waals surface area contributed by atoms with Gasteiger partial charge in [0.25, 0.3) is 0 Å². The molecule has 0 aromatic rings. The Balaban J connectivity index is 2.09. The van der Waals surface area contributed by atoms with E-state index in [4.69, 9.17) is 5.11 Å². The van der Waals surface area contributed by atoms with E-state index in [1.165, 1.54) is 12.8 Å². The molecule has 12 heavy (non-hydrogen) atoms. The smallest absolute Gasteiger partial charge is 0.0462 e. The average Bonchev–Trinajstić information content (AvgIpc) is 2.60. The zero-order valence-electron chi connectivity index (χ0n) is 7.40. The Morgan fingerprint density at radius 1 is 1.42 bits per heavy atom. The minimum atomic E-state index is -0.674. The summed E-state index contributed by atoms with van der Waals surface area (Å²) >= 11 is 0. The molecule has 2 rings (SSSR count). The fourth-order valence-corrected chi connectivity index (χ4v) is 4.39. The van der Waals surface area contributed by atoms with Crippen LogP contribution in [0.15, 0.2) is 0 Å². The summed E-state index contributed by atoms with van der Waals surface area (Å²) in [5.74, 6) is 1.78. The van der Waals surface area contributed by atoms with Crippen molar-refractivity contribution in [1.29, 1.82) is 0 Å². The normalized spacial score (nSPS) is 48.2. The molecule has 0 aromatic heterocycles. The fraction of sp³-hybridized carbons (Fsp3) is 1.00. The third-order valence-electron chi connectivity index (χ3n) is 3.55. The van der Waals surface area contributed by atoms with Crippen molar-refractivity contribution in [3.63, 3.8) is 0 Å². The van der Waals surface area contributed by atoms with Gasteiger partial charge in [-0.15, -0.1) is 0 Å². The van der Waals surface area contributed by atoms with Gasteiger partial charge in [0, 0.05) is 28.9 Å². The minimum absolute atomic E-state index is 0.300. The highest BCUT2D eigenvalue weighted by molar-refractivity contribution is 7.84. The van der Waals surface area contributed by atoms with E-state index in [1.54, 1.807) is 6.26 Å². The van der Waals surface area contributed by atoms with Gasteiger partial charge in [0.1, 0.15) is 0 Å². The second-order valence-corrected chi connectivity index (χ2v) is 5.82. The predicted molar refractivity (Wildman–Crippen MR) is 49.3 cm³/mol. The van der Waals surface area contributed by atoms with Gasteiger partial charge in [-0.1, -0.05) is 0 Å². The molecule has 0 amide bonds. The maximum Gasteiger partial charge on any atom is 0.0462 e. The molecule has 0 radical (unpaired) electrons. The largest absolute Gasteiger partial charge is 0.396 e. The van der Waals surface area contributed by atoms with Crippen molar-refractivity contribution < 1.29 is 9.32 Å². The summed E-state index contributed by atoms with van der Waals surface area (Å²) in [4.78, 5) is 0. The standard InChI is InChI=1S/C9H16O2S/c1-12(11)9-4-6-2-7(5-10)8(9)3-6/h6-10H,2-5H2,1H3. The van der Waals surface area contributed by atoms with E-state index in [1.807, 2.05) is 0 Å². The summed E-state index contributed by atoms with van der Waals surface area (Å²) in [6.07, 6.45) is 5.34. The van der Waals surface area contributed by atoms with Gasteiger partial charge in [-0.05, 0) is 37.0 Å². The highest BCUT2D eigenvalue weighted by Crippen LogP contribution is 2.49. The Bertz CT molecular complexity index is 205. The van der Waals surface area contributed by atoms with Crippen molar-refractivity contribution in [2.45, 2.75) is 24.5 Å². The Hall–Kier alpha value is 0.110. The molecule has 2 nitrogen and oxygen atoms in total. The molecule has 2 bridgehead atoms. The first-order chi connectivity index (χ1) is 5.72. The van der Waals surface area contributed by atoms with Gasteiger partial charge in [0.15, 0.2) is 0 Å². The molecule has 0 saturated heterocycles. The molecule has 3 heteroatoms. The molecule has 0 aliphatic heterocycles. The van der Waals surface area contributed by atoms with E-state index >= 15 is 0 Å². The number of rotatable bonds is 2. The van der Waals surface area contributed by atoms with Crippen LogP contribution >= 0.6 is 0 Å². The van der Waals surface area contributed by atoms with Crippen LogP contribution in [0, 0.1) is 17.8 Å². The molecule has 1 N–H and O–H groups in total. The summed E-state index contributed by atoms with van der Waals surface area (Å²) in [7, 11) is -0.674. The molecule has 0 aromatic carbocycles. The molecule has 0 heterocycles. The lowest BCUT2D eigenvalue weighted by Gasteiger charge is -2.26. The summed E-state index contributed by atoms with van der Waals surface area (Å²) in [6, 6.07) is 0. The predicted octanol–water partition coefficient (Wildman–Crippen LogP) is 0.772. The molecule has 0 spiro atoms. The molecule has 2 aliphatic rings. The Morgan fingerprint density at radius 2 is 2.17 bits per heavy atom. The van der Waals surface area contributed by atoms with E-state index in [0.29, 0.717) is 23.7 Å². The molecule has 2 fully saturated rings.